The molecule has 0 fully saturated rings. The van der Waals surface area contributed by atoms with Crippen LogP contribution in [0.15, 0.2) is 35.7 Å². The van der Waals surface area contributed by atoms with Gasteiger partial charge in [-0.2, -0.15) is 5.26 Å². The second kappa shape index (κ2) is 4.75. The Bertz CT molecular complexity index is 504. The van der Waals surface area contributed by atoms with Gasteiger partial charge in [-0.3, -0.25) is 0 Å². The van der Waals surface area contributed by atoms with E-state index in [-0.39, 0.29) is 0 Å². The Labute approximate surface area is 96.4 Å². The number of ether oxygens (including phenoxy) is 1. The molecule has 0 aliphatic heterocycles. The van der Waals surface area contributed by atoms with Crippen LogP contribution in [0.2, 0.25) is 0 Å². The Morgan fingerprint density at radius 2 is 2.12 bits per heavy atom. The molecule has 1 heterocycles. The topological polar surface area (TPSA) is 66.1 Å². The van der Waals surface area contributed by atoms with Crippen molar-refractivity contribution in [2.24, 2.45) is 0 Å². The van der Waals surface area contributed by atoms with Crippen molar-refractivity contribution in [3.05, 3.63) is 41.4 Å². The molecule has 16 heavy (non-hydrogen) atoms. The molecule has 0 spiro atoms. The molecule has 0 radical (unpaired) electrons. The molecule has 4 nitrogen and oxygen atoms in total. The lowest BCUT2D eigenvalue weighted by atomic mass is 10.3. The van der Waals surface area contributed by atoms with Gasteiger partial charge in [0.2, 0.25) is 0 Å². The van der Waals surface area contributed by atoms with Crippen molar-refractivity contribution < 1.29 is 9.84 Å². The number of nitrogens with zero attached hydrogens (tertiary/aromatic N) is 2. The number of hydrogen-bond donors (Lipinski definition) is 1. The number of aromatic nitrogens is 1. The highest BCUT2D eigenvalue weighted by atomic mass is 32.1. The minimum absolute atomic E-state index is 0.318. The van der Waals surface area contributed by atoms with Gasteiger partial charge in [0.1, 0.15) is 11.8 Å². The Kier molecular flexibility index (Phi) is 3.15. The van der Waals surface area contributed by atoms with E-state index in [1.54, 1.807) is 11.4 Å². The van der Waals surface area contributed by atoms with Crippen molar-refractivity contribution in [1.29, 1.82) is 5.26 Å². The van der Waals surface area contributed by atoms with Gasteiger partial charge in [-0.05, 0) is 12.1 Å². The molecule has 0 aliphatic carbocycles. The zero-order valence-corrected chi connectivity index (χ0v) is 9.02. The van der Waals surface area contributed by atoms with Crippen LogP contribution in [0, 0.1) is 11.3 Å². The first kappa shape index (κ1) is 10.6. The first-order chi connectivity index (χ1) is 7.79. The summed E-state index contributed by atoms with van der Waals surface area (Å²) in [6.07, 6.45) is -1.19. The SMILES string of the molecule is N#CC(O)c1csc(Oc2ccccc2)n1. The third kappa shape index (κ3) is 2.37. The van der Waals surface area contributed by atoms with Crippen LogP contribution < -0.4 is 4.74 Å². The summed E-state index contributed by atoms with van der Waals surface area (Å²) < 4.78 is 5.44. The van der Waals surface area contributed by atoms with E-state index >= 15 is 0 Å². The predicted molar refractivity (Wildman–Crippen MR) is 59.2 cm³/mol. The fraction of sp³-hybridized carbons (Fsp3) is 0.0909. The third-order valence-electron chi connectivity index (χ3n) is 1.85. The summed E-state index contributed by atoms with van der Waals surface area (Å²) in [5, 5.41) is 19.8. The highest BCUT2D eigenvalue weighted by molar-refractivity contribution is 7.11. The average molecular weight is 232 g/mol. The van der Waals surface area contributed by atoms with Gasteiger partial charge in [-0.25, -0.2) is 4.98 Å². The minimum atomic E-state index is -1.19. The number of benzene rings is 1. The van der Waals surface area contributed by atoms with E-state index in [9.17, 15) is 5.11 Å². The third-order valence-corrected chi connectivity index (χ3v) is 2.59. The van der Waals surface area contributed by atoms with Gasteiger partial charge in [0.25, 0.3) is 5.19 Å². The van der Waals surface area contributed by atoms with E-state index < -0.39 is 6.10 Å². The number of para-hydroxylation sites is 1. The number of thiazole rings is 1. The number of nitriles is 1. The van der Waals surface area contributed by atoms with E-state index in [4.69, 9.17) is 10.00 Å². The van der Waals surface area contributed by atoms with Gasteiger partial charge in [0, 0.05) is 5.38 Å². The summed E-state index contributed by atoms with van der Waals surface area (Å²) in [5.41, 5.74) is 0.318. The van der Waals surface area contributed by atoms with E-state index in [0.717, 1.165) is 0 Å². The van der Waals surface area contributed by atoms with E-state index in [0.29, 0.717) is 16.6 Å². The second-order valence-corrected chi connectivity index (χ2v) is 3.81. The van der Waals surface area contributed by atoms with E-state index in [1.165, 1.54) is 11.3 Å². The maximum atomic E-state index is 9.24. The number of aliphatic hydroxyl groups excluding tert-OH is 1. The van der Waals surface area contributed by atoms with Crippen molar-refractivity contribution >= 4 is 11.3 Å². The molecule has 80 valence electrons. The summed E-state index contributed by atoms with van der Waals surface area (Å²) >= 11 is 1.24. The average Bonchev–Trinajstić information content (AvgIpc) is 2.78. The lowest BCUT2D eigenvalue weighted by molar-refractivity contribution is 0.231. The van der Waals surface area contributed by atoms with Gasteiger partial charge in [-0.1, -0.05) is 29.5 Å². The van der Waals surface area contributed by atoms with Crippen molar-refractivity contribution in [2.75, 3.05) is 0 Å². The van der Waals surface area contributed by atoms with Gasteiger partial charge >= 0.3 is 0 Å². The summed E-state index contributed by atoms with van der Waals surface area (Å²) in [6, 6.07) is 10.9. The van der Waals surface area contributed by atoms with Crippen LogP contribution >= 0.6 is 11.3 Å². The molecule has 1 aromatic heterocycles. The highest BCUT2D eigenvalue weighted by Crippen LogP contribution is 2.26. The molecule has 1 unspecified atom stereocenters. The molecule has 0 saturated carbocycles. The monoisotopic (exact) mass is 232 g/mol. The van der Waals surface area contributed by atoms with E-state index in [1.807, 2.05) is 30.3 Å². The van der Waals surface area contributed by atoms with Crippen LogP contribution in [0.5, 0.6) is 10.9 Å². The zero-order valence-electron chi connectivity index (χ0n) is 8.20. The Balaban J connectivity index is 2.12. The van der Waals surface area contributed by atoms with Gasteiger partial charge in [0.05, 0.1) is 5.69 Å². The molecule has 0 amide bonds. The number of rotatable bonds is 3. The van der Waals surface area contributed by atoms with Crippen LogP contribution in [-0.2, 0) is 0 Å². The van der Waals surface area contributed by atoms with Crippen LogP contribution in [0.3, 0.4) is 0 Å². The molecule has 5 heteroatoms. The molecule has 2 aromatic rings. The first-order valence-electron chi connectivity index (χ1n) is 4.55. The first-order valence-corrected chi connectivity index (χ1v) is 5.43. The van der Waals surface area contributed by atoms with Crippen molar-refractivity contribution in [3.8, 4) is 17.0 Å². The summed E-state index contributed by atoms with van der Waals surface area (Å²) in [5.74, 6) is 0.676. The van der Waals surface area contributed by atoms with Crippen molar-refractivity contribution in [3.63, 3.8) is 0 Å². The fourth-order valence-electron chi connectivity index (χ4n) is 1.10. The summed E-state index contributed by atoms with van der Waals surface area (Å²) in [6.45, 7) is 0. The molecule has 1 aromatic carbocycles. The fourth-order valence-corrected chi connectivity index (χ4v) is 1.80. The minimum Gasteiger partial charge on any atom is -0.431 e. The van der Waals surface area contributed by atoms with Crippen LogP contribution in [-0.4, -0.2) is 10.1 Å². The molecule has 1 atom stereocenters. The van der Waals surface area contributed by atoms with Crippen molar-refractivity contribution in [1.82, 2.24) is 4.98 Å². The molecular weight excluding hydrogens is 224 g/mol. The molecule has 1 N–H and O–H groups in total. The normalized spacial score (nSPS) is 11.8. The maximum absolute atomic E-state index is 9.24. The Morgan fingerprint density at radius 1 is 1.38 bits per heavy atom. The highest BCUT2D eigenvalue weighted by Gasteiger charge is 2.11. The predicted octanol–water partition coefficient (Wildman–Crippen LogP) is 2.49. The summed E-state index contributed by atoms with van der Waals surface area (Å²) in [7, 11) is 0. The Morgan fingerprint density at radius 3 is 2.81 bits per heavy atom. The molecule has 0 aliphatic rings. The largest absolute Gasteiger partial charge is 0.431 e. The standard InChI is InChI=1S/C11H8N2O2S/c12-6-10(14)9-7-16-11(13-9)15-8-4-2-1-3-5-8/h1-5,7,10,14H. The zero-order chi connectivity index (χ0) is 11.4. The van der Waals surface area contributed by atoms with Crippen LogP contribution in [0.4, 0.5) is 0 Å². The van der Waals surface area contributed by atoms with Gasteiger partial charge in [0.15, 0.2) is 6.10 Å². The molecule has 0 saturated heterocycles. The second-order valence-electron chi connectivity index (χ2n) is 2.99. The van der Waals surface area contributed by atoms with Gasteiger partial charge < -0.3 is 9.84 Å². The van der Waals surface area contributed by atoms with E-state index in [2.05, 4.69) is 4.98 Å². The molecular formula is C11H8N2O2S. The van der Waals surface area contributed by atoms with Crippen LogP contribution in [0.1, 0.15) is 11.8 Å². The number of aliphatic hydroxyl groups is 1. The molecule has 0 bridgehead atoms. The Hall–Kier alpha value is -1.90. The summed E-state index contributed by atoms with van der Waals surface area (Å²) in [4.78, 5) is 4.00. The van der Waals surface area contributed by atoms with Gasteiger partial charge in [-0.15, -0.1) is 0 Å². The lowest BCUT2D eigenvalue weighted by Gasteiger charge is -1.99. The number of hydrogen-bond acceptors (Lipinski definition) is 5. The van der Waals surface area contributed by atoms with Crippen LogP contribution in [0.25, 0.3) is 0 Å². The smallest absolute Gasteiger partial charge is 0.279 e. The lowest BCUT2D eigenvalue weighted by Crippen LogP contribution is -1.93. The van der Waals surface area contributed by atoms with Crippen molar-refractivity contribution in [2.45, 2.75) is 6.10 Å². The molecule has 2 rings (SSSR count). The maximum Gasteiger partial charge on any atom is 0.279 e. The quantitative estimate of drug-likeness (QED) is 0.825.